The first kappa shape index (κ1) is 15.3. The van der Waals surface area contributed by atoms with Gasteiger partial charge < -0.3 is 10.5 Å². The Balaban J connectivity index is 2.18. The summed E-state index contributed by atoms with van der Waals surface area (Å²) in [6, 6.07) is 1.45. The van der Waals surface area contributed by atoms with Crippen molar-refractivity contribution in [2.75, 3.05) is 6.54 Å². The lowest BCUT2D eigenvalue weighted by Crippen LogP contribution is -2.42. The summed E-state index contributed by atoms with van der Waals surface area (Å²) in [7, 11) is 0. The van der Waals surface area contributed by atoms with Crippen LogP contribution in [0.25, 0.3) is 0 Å². The highest BCUT2D eigenvalue weighted by Crippen LogP contribution is 2.31. The number of likely N-dealkylation sites (tertiary alicyclic amines) is 1. The molecule has 1 fully saturated rings. The second-order valence-electron chi connectivity index (χ2n) is 6.26. The molecule has 2 amide bonds. The molecule has 0 aromatic carbocycles. The maximum atomic E-state index is 12.3. The number of nitrogens with zero attached hydrogens (tertiary/aromatic N) is 2. The van der Waals surface area contributed by atoms with E-state index in [4.69, 9.17) is 10.5 Å². The first-order valence-electron chi connectivity index (χ1n) is 7.12. The standard InChI is InChI=1S/C14H22N4O3/c1-14(2,3)21-13(20)18-7-5-4-6-11(18)9-8-10(12(15)19)17-16-9/h8,11H,4-7H2,1-3H3,(H2,15,19)(H,16,17)/t11-/m0/s1. The third kappa shape index (κ3) is 3.74. The van der Waals surface area contributed by atoms with Gasteiger partial charge in [-0.05, 0) is 46.1 Å². The fraction of sp³-hybridized carbons (Fsp3) is 0.643. The number of nitrogens with one attached hydrogen (secondary N) is 1. The molecule has 1 aromatic rings. The van der Waals surface area contributed by atoms with Gasteiger partial charge in [-0.2, -0.15) is 5.10 Å². The second kappa shape index (κ2) is 5.75. The van der Waals surface area contributed by atoms with Gasteiger partial charge in [0.05, 0.1) is 11.7 Å². The summed E-state index contributed by atoms with van der Waals surface area (Å²) in [5, 5.41) is 6.69. The summed E-state index contributed by atoms with van der Waals surface area (Å²) in [5.41, 5.74) is 5.57. The van der Waals surface area contributed by atoms with E-state index in [1.54, 1.807) is 11.0 Å². The first-order valence-corrected chi connectivity index (χ1v) is 7.12. The van der Waals surface area contributed by atoms with E-state index in [1.165, 1.54) is 0 Å². The minimum atomic E-state index is -0.586. The molecule has 0 radical (unpaired) electrons. The lowest BCUT2D eigenvalue weighted by atomic mass is 9.99. The number of piperidine rings is 1. The predicted octanol–water partition coefficient (Wildman–Crippen LogP) is 1.97. The summed E-state index contributed by atoms with van der Waals surface area (Å²) >= 11 is 0. The van der Waals surface area contributed by atoms with Crippen molar-refractivity contribution >= 4 is 12.0 Å². The normalized spacial score (nSPS) is 19.4. The van der Waals surface area contributed by atoms with Crippen molar-refractivity contribution in [3.05, 3.63) is 17.5 Å². The van der Waals surface area contributed by atoms with Crippen molar-refractivity contribution in [3.63, 3.8) is 0 Å². The van der Waals surface area contributed by atoms with Crippen molar-refractivity contribution in [1.29, 1.82) is 0 Å². The monoisotopic (exact) mass is 294 g/mol. The SMILES string of the molecule is CC(C)(C)OC(=O)N1CCCC[C@H]1c1cc(C(N)=O)n[nH]1. The van der Waals surface area contributed by atoms with Gasteiger partial charge in [0, 0.05) is 6.54 Å². The van der Waals surface area contributed by atoms with Gasteiger partial charge in [0.2, 0.25) is 0 Å². The summed E-state index contributed by atoms with van der Waals surface area (Å²) in [5.74, 6) is -0.586. The molecule has 0 spiro atoms. The van der Waals surface area contributed by atoms with Gasteiger partial charge in [0.25, 0.3) is 5.91 Å². The number of rotatable bonds is 2. The fourth-order valence-electron chi connectivity index (χ4n) is 2.43. The Morgan fingerprint density at radius 1 is 1.43 bits per heavy atom. The van der Waals surface area contributed by atoms with E-state index in [0.29, 0.717) is 12.2 Å². The molecule has 0 unspecified atom stereocenters. The van der Waals surface area contributed by atoms with Crippen LogP contribution in [0.4, 0.5) is 4.79 Å². The number of primary amides is 1. The Morgan fingerprint density at radius 2 is 2.14 bits per heavy atom. The van der Waals surface area contributed by atoms with Gasteiger partial charge in [-0.15, -0.1) is 0 Å². The summed E-state index contributed by atoms with van der Waals surface area (Å²) in [6.07, 6.45) is 2.41. The average Bonchev–Trinajstić information content (AvgIpc) is 2.86. The number of nitrogens with two attached hydrogens (primary N) is 1. The van der Waals surface area contributed by atoms with E-state index in [0.717, 1.165) is 19.3 Å². The molecule has 1 saturated heterocycles. The molecule has 7 nitrogen and oxygen atoms in total. The number of amides is 2. The molecule has 2 heterocycles. The number of hydrogen-bond donors (Lipinski definition) is 2. The smallest absolute Gasteiger partial charge is 0.410 e. The lowest BCUT2D eigenvalue weighted by molar-refractivity contribution is 0.00900. The maximum Gasteiger partial charge on any atom is 0.410 e. The molecule has 2 rings (SSSR count). The molecule has 0 saturated carbocycles. The molecule has 0 aliphatic carbocycles. The van der Waals surface area contributed by atoms with Crippen LogP contribution in [-0.4, -0.2) is 39.2 Å². The molecule has 21 heavy (non-hydrogen) atoms. The molecule has 0 bridgehead atoms. The van der Waals surface area contributed by atoms with E-state index in [2.05, 4.69) is 10.2 Å². The predicted molar refractivity (Wildman–Crippen MR) is 76.6 cm³/mol. The molecular weight excluding hydrogens is 272 g/mol. The Labute approximate surface area is 123 Å². The van der Waals surface area contributed by atoms with Crippen molar-refractivity contribution in [2.45, 2.75) is 51.7 Å². The van der Waals surface area contributed by atoms with E-state index in [9.17, 15) is 9.59 Å². The van der Waals surface area contributed by atoms with Crippen molar-refractivity contribution in [1.82, 2.24) is 15.1 Å². The van der Waals surface area contributed by atoms with Gasteiger partial charge in [0.15, 0.2) is 0 Å². The Hall–Kier alpha value is -2.05. The second-order valence-corrected chi connectivity index (χ2v) is 6.26. The summed E-state index contributed by atoms with van der Waals surface area (Å²) in [4.78, 5) is 25.1. The zero-order valence-electron chi connectivity index (χ0n) is 12.7. The molecule has 3 N–H and O–H groups in total. The highest BCUT2D eigenvalue weighted by molar-refractivity contribution is 5.90. The largest absolute Gasteiger partial charge is 0.444 e. The minimum Gasteiger partial charge on any atom is -0.444 e. The van der Waals surface area contributed by atoms with E-state index in [1.807, 2.05) is 20.8 Å². The van der Waals surface area contributed by atoms with Crippen molar-refractivity contribution in [3.8, 4) is 0 Å². The Bertz CT molecular complexity index is 533. The van der Waals surface area contributed by atoms with Crippen LogP contribution >= 0.6 is 0 Å². The van der Waals surface area contributed by atoms with Crippen LogP contribution in [0.15, 0.2) is 6.07 Å². The van der Waals surface area contributed by atoms with Crippen molar-refractivity contribution in [2.24, 2.45) is 5.73 Å². The summed E-state index contributed by atoms with van der Waals surface area (Å²) in [6.45, 7) is 6.15. The van der Waals surface area contributed by atoms with Crippen molar-refractivity contribution < 1.29 is 14.3 Å². The number of carbonyl (C=O) groups is 2. The van der Waals surface area contributed by atoms with E-state index < -0.39 is 11.5 Å². The number of aromatic amines is 1. The molecular formula is C14H22N4O3. The molecule has 1 aliphatic rings. The van der Waals surface area contributed by atoms with Crippen LogP contribution in [0, 0.1) is 0 Å². The number of H-pyrrole nitrogens is 1. The number of ether oxygens (including phenoxy) is 1. The first-order chi connectivity index (χ1) is 9.78. The highest BCUT2D eigenvalue weighted by atomic mass is 16.6. The molecule has 7 heteroatoms. The maximum absolute atomic E-state index is 12.3. The van der Waals surface area contributed by atoms with E-state index in [-0.39, 0.29) is 17.8 Å². The van der Waals surface area contributed by atoms with Crippen LogP contribution in [0.3, 0.4) is 0 Å². The van der Waals surface area contributed by atoms with Crippen LogP contribution in [0.2, 0.25) is 0 Å². The number of aromatic nitrogens is 2. The van der Waals surface area contributed by atoms with Gasteiger partial charge in [0.1, 0.15) is 11.3 Å². The molecule has 116 valence electrons. The number of carbonyl (C=O) groups excluding carboxylic acids is 2. The average molecular weight is 294 g/mol. The zero-order chi connectivity index (χ0) is 15.6. The van der Waals surface area contributed by atoms with Gasteiger partial charge in [-0.25, -0.2) is 4.79 Å². The van der Waals surface area contributed by atoms with Crippen LogP contribution in [-0.2, 0) is 4.74 Å². The quantitative estimate of drug-likeness (QED) is 0.870. The minimum absolute atomic E-state index is 0.158. The van der Waals surface area contributed by atoms with Crippen LogP contribution in [0.1, 0.15) is 62.3 Å². The lowest BCUT2D eigenvalue weighted by Gasteiger charge is -2.36. The third-order valence-corrected chi connectivity index (χ3v) is 3.34. The molecule has 1 aromatic heterocycles. The summed E-state index contributed by atoms with van der Waals surface area (Å²) < 4.78 is 5.44. The third-order valence-electron chi connectivity index (χ3n) is 3.34. The Morgan fingerprint density at radius 3 is 2.71 bits per heavy atom. The van der Waals surface area contributed by atoms with Gasteiger partial charge >= 0.3 is 6.09 Å². The number of hydrogen-bond acceptors (Lipinski definition) is 4. The molecule has 1 aliphatic heterocycles. The van der Waals surface area contributed by atoms with Gasteiger partial charge in [-0.3, -0.25) is 14.8 Å². The van der Waals surface area contributed by atoms with E-state index >= 15 is 0 Å². The fourth-order valence-corrected chi connectivity index (χ4v) is 2.43. The Kier molecular flexibility index (Phi) is 4.20. The van der Waals surface area contributed by atoms with Crippen LogP contribution in [0.5, 0.6) is 0 Å². The molecule has 1 atom stereocenters. The topological polar surface area (TPSA) is 101 Å². The van der Waals surface area contributed by atoms with Crippen LogP contribution < -0.4 is 5.73 Å². The zero-order valence-corrected chi connectivity index (χ0v) is 12.7. The van der Waals surface area contributed by atoms with Gasteiger partial charge in [-0.1, -0.05) is 0 Å². The highest BCUT2D eigenvalue weighted by Gasteiger charge is 2.32.